The Bertz CT molecular complexity index is 775. The van der Waals surface area contributed by atoms with Gasteiger partial charge in [0.05, 0.1) is 0 Å². The molecule has 0 radical (unpaired) electrons. The van der Waals surface area contributed by atoms with Crippen LogP contribution in [-0.4, -0.2) is 43.5 Å². The lowest BCUT2D eigenvalue weighted by Crippen LogP contribution is -2.49. The van der Waals surface area contributed by atoms with E-state index in [0.29, 0.717) is 39.1 Å². The molecule has 0 spiro atoms. The number of hydrogen-bond acceptors (Lipinski definition) is 3. The number of carbonyl (C=O) groups excluding carboxylic acids is 1. The maximum atomic E-state index is 13.5. The molecular formula is C20H22F3N3O. The molecular weight excluding hydrogens is 355 g/mol. The molecule has 1 amide bonds. The highest BCUT2D eigenvalue weighted by Crippen LogP contribution is 2.17. The van der Waals surface area contributed by atoms with E-state index >= 15 is 0 Å². The molecule has 1 N–H and O–H groups in total. The average Bonchev–Trinajstić information content (AvgIpc) is 2.68. The van der Waals surface area contributed by atoms with E-state index in [1.807, 2.05) is 0 Å². The van der Waals surface area contributed by atoms with Crippen molar-refractivity contribution < 1.29 is 18.0 Å². The van der Waals surface area contributed by atoms with E-state index in [9.17, 15) is 18.0 Å². The number of amides is 1. The molecule has 7 heteroatoms. The van der Waals surface area contributed by atoms with Crippen LogP contribution in [0.15, 0.2) is 42.5 Å². The predicted molar refractivity (Wildman–Crippen MR) is 97.9 cm³/mol. The Labute approximate surface area is 156 Å². The minimum Gasteiger partial charge on any atom is -0.368 e. The van der Waals surface area contributed by atoms with Gasteiger partial charge >= 0.3 is 0 Å². The lowest BCUT2D eigenvalue weighted by molar-refractivity contribution is -0.131. The van der Waals surface area contributed by atoms with Crippen LogP contribution in [0, 0.1) is 17.5 Å². The van der Waals surface area contributed by atoms with Crippen LogP contribution in [0.2, 0.25) is 0 Å². The number of piperazine rings is 1. The number of nitrogens with zero attached hydrogens (tertiary/aromatic N) is 2. The van der Waals surface area contributed by atoms with Gasteiger partial charge in [0.1, 0.15) is 17.5 Å². The molecule has 0 unspecified atom stereocenters. The molecule has 2 aromatic rings. The van der Waals surface area contributed by atoms with Gasteiger partial charge in [0, 0.05) is 56.9 Å². The molecule has 1 aliphatic heterocycles. The second-order valence-electron chi connectivity index (χ2n) is 6.51. The van der Waals surface area contributed by atoms with Gasteiger partial charge in [-0.3, -0.25) is 4.79 Å². The van der Waals surface area contributed by atoms with Crippen molar-refractivity contribution in [2.24, 2.45) is 0 Å². The summed E-state index contributed by atoms with van der Waals surface area (Å²) in [7, 11) is 0. The molecule has 0 atom stereocenters. The van der Waals surface area contributed by atoms with Crippen molar-refractivity contribution in [2.75, 3.05) is 37.6 Å². The molecule has 0 bridgehead atoms. The van der Waals surface area contributed by atoms with Crippen molar-refractivity contribution >= 4 is 11.6 Å². The zero-order valence-corrected chi connectivity index (χ0v) is 14.9. The predicted octanol–water partition coefficient (Wildman–Crippen LogP) is 2.93. The monoisotopic (exact) mass is 377 g/mol. The number of halogens is 3. The molecule has 0 saturated carbocycles. The first-order valence-corrected chi connectivity index (χ1v) is 8.96. The standard InChI is InChI=1S/C20H22F3N3O/c21-16-1-4-18(5-2-16)25-9-11-26(12-10-25)20(27)7-8-24-14-15-13-17(22)3-6-19(15)23/h1-6,13,24H,7-12,14H2. The second kappa shape index (κ2) is 8.90. The zero-order chi connectivity index (χ0) is 19.2. The van der Waals surface area contributed by atoms with E-state index in [2.05, 4.69) is 10.2 Å². The van der Waals surface area contributed by atoms with Crippen molar-refractivity contribution in [1.29, 1.82) is 0 Å². The largest absolute Gasteiger partial charge is 0.368 e. The summed E-state index contributed by atoms with van der Waals surface area (Å²) >= 11 is 0. The molecule has 27 heavy (non-hydrogen) atoms. The number of hydrogen-bond donors (Lipinski definition) is 1. The third kappa shape index (κ3) is 5.23. The van der Waals surface area contributed by atoms with Crippen LogP contribution in [0.5, 0.6) is 0 Å². The minimum absolute atomic E-state index is 0.0287. The van der Waals surface area contributed by atoms with Crippen LogP contribution in [-0.2, 0) is 11.3 Å². The molecule has 144 valence electrons. The fourth-order valence-electron chi connectivity index (χ4n) is 3.12. The summed E-state index contributed by atoms with van der Waals surface area (Å²) < 4.78 is 39.7. The maximum absolute atomic E-state index is 13.5. The lowest BCUT2D eigenvalue weighted by atomic mass is 10.2. The van der Waals surface area contributed by atoms with Crippen LogP contribution >= 0.6 is 0 Å². The molecule has 2 aromatic carbocycles. The van der Waals surface area contributed by atoms with E-state index < -0.39 is 11.6 Å². The topological polar surface area (TPSA) is 35.6 Å². The van der Waals surface area contributed by atoms with Gasteiger partial charge in [-0.2, -0.15) is 0 Å². The second-order valence-corrected chi connectivity index (χ2v) is 6.51. The van der Waals surface area contributed by atoms with Crippen molar-refractivity contribution in [3.8, 4) is 0 Å². The molecule has 1 saturated heterocycles. The lowest BCUT2D eigenvalue weighted by Gasteiger charge is -2.36. The Balaban J connectivity index is 1.39. The minimum atomic E-state index is -0.483. The van der Waals surface area contributed by atoms with Crippen LogP contribution in [0.3, 0.4) is 0 Å². The van der Waals surface area contributed by atoms with Gasteiger partial charge in [-0.1, -0.05) is 0 Å². The van der Waals surface area contributed by atoms with Gasteiger partial charge in [0.2, 0.25) is 5.91 Å². The van der Waals surface area contributed by atoms with Crippen LogP contribution in [0.4, 0.5) is 18.9 Å². The first kappa shape index (κ1) is 19.2. The number of carbonyl (C=O) groups is 1. The molecule has 1 fully saturated rings. The fraction of sp³-hybridized carbons (Fsp3) is 0.350. The summed E-state index contributed by atoms with van der Waals surface area (Å²) in [6, 6.07) is 9.66. The van der Waals surface area contributed by atoms with Gasteiger partial charge < -0.3 is 15.1 Å². The van der Waals surface area contributed by atoms with Gasteiger partial charge in [0.15, 0.2) is 0 Å². The SMILES string of the molecule is O=C(CCNCc1cc(F)ccc1F)N1CCN(c2ccc(F)cc2)CC1. The van der Waals surface area contributed by atoms with Gasteiger partial charge in [-0.05, 0) is 42.5 Å². The van der Waals surface area contributed by atoms with E-state index in [-0.39, 0.29) is 23.8 Å². The summed E-state index contributed by atoms with van der Waals surface area (Å²) in [6.07, 6.45) is 0.299. The molecule has 1 heterocycles. The van der Waals surface area contributed by atoms with Gasteiger partial charge in [0.25, 0.3) is 0 Å². The van der Waals surface area contributed by atoms with E-state index in [4.69, 9.17) is 0 Å². The Hall–Kier alpha value is -2.54. The summed E-state index contributed by atoms with van der Waals surface area (Å²) in [6.45, 7) is 3.17. The van der Waals surface area contributed by atoms with E-state index in [0.717, 1.165) is 23.9 Å². The number of rotatable bonds is 6. The highest BCUT2D eigenvalue weighted by molar-refractivity contribution is 5.76. The Morgan fingerprint density at radius 1 is 0.926 bits per heavy atom. The van der Waals surface area contributed by atoms with E-state index in [1.165, 1.54) is 12.1 Å². The molecule has 4 nitrogen and oxygen atoms in total. The third-order valence-corrected chi connectivity index (χ3v) is 4.66. The Morgan fingerprint density at radius 2 is 1.59 bits per heavy atom. The quantitative estimate of drug-likeness (QED) is 0.787. The summed E-state index contributed by atoms with van der Waals surface area (Å²) in [5.41, 5.74) is 1.19. The average molecular weight is 377 g/mol. The zero-order valence-electron chi connectivity index (χ0n) is 14.9. The maximum Gasteiger partial charge on any atom is 0.223 e. The molecule has 1 aliphatic rings. The summed E-state index contributed by atoms with van der Waals surface area (Å²) in [5.74, 6) is -1.19. The third-order valence-electron chi connectivity index (χ3n) is 4.66. The van der Waals surface area contributed by atoms with Crippen molar-refractivity contribution in [1.82, 2.24) is 10.2 Å². The molecule has 0 aliphatic carbocycles. The first-order chi connectivity index (χ1) is 13.0. The van der Waals surface area contributed by atoms with Crippen LogP contribution in [0.1, 0.15) is 12.0 Å². The molecule has 0 aromatic heterocycles. The number of nitrogens with one attached hydrogen (secondary N) is 1. The van der Waals surface area contributed by atoms with Gasteiger partial charge in [-0.25, -0.2) is 13.2 Å². The Kier molecular flexibility index (Phi) is 6.34. The van der Waals surface area contributed by atoms with Crippen molar-refractivity contribution in [2.45, 2.75) is 13.0 Å². The van der Waals surface area contributed by atoms with Crippen molar-refractivity contribution in [3.63, 3.8) is 0 Å². The Morgan fingerprint density at radius 3 is 2.30 bits per heavy atom. The summed E-state index contributed by atoms with van der Waals surface area (Å²) in [4.78, 5) is 16.2. The normalized spacial score (nSPS) is 14.5. The first-order valence-electron chi connectivity index (χ1n) is 8.96. The highest BCUT2D eigenvalue weighted by atomic mass is 19.1. The van der Waals surface area contributed by atoms with Crippen molar-refractivity contribution in [3.05, 3.63) is 65.5 Å². The fourth-order valence-corrected chi connectivity index (χ4v) is 3.12. The van der Waals surface area contributed by atoms with E-state index in [1.54, 1.807) is 17.0 Å². The molecule has 3 rings (SSSR count). The highest BCUT2D eigenvalue weighted by Gasteiger charge is 2.20. The van der Waals surface area contributed by atoms with Gasteiger partial charge in [-0.15, -0.1) is 0 Å². The number of benzene rings is 2. The smallest absolute Gasteiger partial charge is 0.223 e. The summed E-state index contributed by atoms with van der Waals surface area (Å²) in [5, 5.41) is 2.98. The number of anilines is 1. The van der Waals surface area contributed by atoms with Crippen LogP contribution < -0.4 is 10.2 Å². The van der Waals surface area contributed by atoms with Crippen LogP contribution in [0.25, 0.3) is 0 Å².